The number of rotatable bonds is 5. The Hall–Kier alpha value is -2.92. The minimum absolute atomic E-state index is 0.0335. The number of esters is 1. The fourth-order valence-electron chi connectivity index (χ4n) is 2.77. The highest BCUT2D eigenvalue weighted by Gasteiger charge is 2.20. The molecule has 11 heteroatoms. The van der Waals surface area contributed by atoms with E-state index < -0.39 is 45.1 Å². The van der Waals surface area contributed by atoms with Crippen LogP contribution in [0.3, 0.4) is 0 Å². The summed E-state index contributed by atoms with van der Waals surface area (Å²) in [5, 5.41) is -0.621. The maximum atomic E-state index is 14.4. The van der Waals surface area contributed by atoms with Gasteiger partial charge >= 0.3 is 5.97 Å². The number of aromatic nitrogens is 1. The molecule has 0 radical (unpaired) electrons. The van der Waals surface area contributed by atoms with E-state index in [2.05, 4.69) is 9.73 Å². The first kappa shape index (κ1) is 22.8. The fourth-order valence-corrected chi connectivity index (χ4v) is 4.89. The van der Waals surface area contributed by atoms with Crippen molar-refractivity contribution in [3.05, 3.63) is 58.4 Å². The summed E-state index contributed by atoms with van der Waals surface area (Å²) in [4.78, 5) is 28.4. The molecule has 0 saturated heterocycles. The Morgan fingerprint density at radius 1 is 1.16 bits per heavy atom. The van der Waals surface area contributed by atoms with Gasteiger partial charge < -0.3 is 9.30 Å². The van der Waals surface area contributed by atoms with Crippen molar-refractivity contribution in [2.24, 2.45) is 4.99 Å². The highest BCUT2D eigenvalue weighted by atomic mass is 32.2. The molecular weight excluding hydrogens is 450 g/mol. The second-order valence-corrected chi connectivity index (χ2v) is 10.3. The number of fused-ring (bicyclic) bond motifs is 1. The molecule has 0 fully saturated rings. The molecule has 1 aromatic heterocycles. The van der Waals surface area contributed by atoms with Crippen LogP contribution in [0.1, 0.15) is 24.2 Å². The number of methoxy groups -OCH3 is 1. The molecule has 164 valence electrons. The number of thiazole rings is 1. The summed E-state index contributed by atoms with van der Waals surface area (Å²) in [6, 6.07) is 6.99. The number of ether oxygens (including phenoxy) is 1. The van der Waals surface area contributed by atoms with Gasteiger partial charge in [0.15, 0.2) is 20.5 Å². The van der Waals surface area contributed by atoms with Crippen LogP contribution in [0.25, 0.3) is 10.2 Å². The molecule has 1 amide bonds. The Kier molecular flexibility index (Phi) is 6.37. The van der Waals surface area contributed by atoms with Crippen LogP contribution >= 0.6 is 11.3 Å². The van der Waals surface area contributed by atoms with Gasteiger partial charge in [0, 0.05) is 11.6 Å². The van der Waals surface area contributed by atoms with Gasteiger partial charge in [0.1, 0.15) is 12.4 Å². The molecule has 0 aliphatic heterocycles. The average Bonchev–Trinajstić information content (AvgIpc) is 3.04. The third kappa shape index (κ3) is 4.57. The standard InChI is InChI=1S/C20H18F2N2O5S2/c1-11(2)31(27,28)14-6-4-12(5-7-14)19(26)23-20-24(10-17(25)29-3)18-15(22)8-13(21)9-16(18)30-20/h4-9,11H,10H2,1-3H3. The summed E-state index contributed by atoms with van der Waals surface area (Å²) in [7, 11) is -2.35. The number of hydrogen-bond acceptors (Lipinski definition) is 6. The van der Waals surface area contributed by atoms with Gasteiger partial charge in [-0.2, -0.15) is 4.99 Å². The topological polar surface area (TPSA) is 94.8 Å². The average molecular weight is 469 g/mol. The molecular formula is C20H18F2N2O5S2. The number of halogens is 2. The van der Waals surface area contributed by atoms with Crippen molar-refractivity contribution < 1.29 is 31.5 Å². The van der Waals surface area contributed by atoms with Crippen LogP contribution in [-0.4, -0.2) is 37.2 Å². The summed E-state index contributed by atoms with van der Waals surface area (Å²) in [5.41, 5.74) is 0.0122. The molecule has 0 atom stereocenters. The maximum absolute atomic E-state index is 14.4. The number of sulfone groups is 1. The number of amides is 1. The fraction of sp³-hybridized carbons (Fsp3) is 0.250. The Balaban J connectivity index is 2.09. The number of nitrogens with zero attached hydrogens (tertiary/aromatic N) is 2. The van der Waals surface area contributed by atoms with E-state index in [0.717, 1.165) is 29.1 Å². The van der Waals surface area contributed by atoms with Gasteiger partial charge in [0.2, 0.25) is 0 Å². The minimum atomic E-state index is -3.50. The van der Waals surface area contributed by atoms with E-state index in [1.165, 1.54) is 24.3 Å². The number of carbonyl (C=O) groups is 2. The molecule has 31 heavy (non-hydrogen) atoms. The number of carbonyl (C=O) groups excluding carboxylic acids is 2. The Morgan fingerprint density at radius 2 is 1.81 bits per heavy atom. The van der Waals surface area contributed by atoms with Crippen LogP contribution in [0.15, 0.2) is 46.3 Å². The molecule has 0 saturated carbocycles. The van der Waals surface area contributed by atoms with E-state index in [4.69, 9.17) is 0 Å². The van der Waals surface area contributed by atoms with Crippen molar-refractivity contribution in [2.45, 2.75) is 30.5 Å². The molecule has 0 unspecified atom stereocenters. The van der Waals surface area contributed by atoms with E-state index in [1.807, 2.05) is 0 Å². The third-order valence-electron chi connectivity index (χ3n) is 4.46. The molecule has 7 nitrogen and oxygen atoms in total. The van der Waals surface area contributed by atoms with Gasteiger partial charge in [-0.25, -0.2) is 17.2 Å². The van der Waals surface area contributed by atoms with Gasteiger partial charge in [-0.3, -0.25) is 9.59 Å². The van der Waals surface area contributed by atoms with Crippen molar-refractivity contribution in [1.82, 2.24) is 4.57 Å². The van der Waals surface area contributed by atoms with Gasteiger partial charge in [-0.05, 0) is 44.2 Å². The summed E-state index contributed by atoms with van der Waals surface area (Å²) in [5.74, 6) is -3.16. The lowest BCUT2D eigenvalue weighted by Crippen LogP contribution is -2.23. The van der Waals surface area contributed by atoms with Crippen LogP contribution in [0.5, 0.6) is 0 Å². The van der Waals surface area contributed by atoms with Crippen LogP contribution in [0.2, 0.25) is 0 Å². The minimum Gasteiger partial charge on any atom is -0.468 e. The molecule has 0 aliphatic carbocycles. The smallest absolute Gasteiger partial charge is 0.325 e. The predicted octanol–water partition coefficient (Wildman–Crippen LogP) is 3.08. The normalized spacial score (nSPS) is 12.5. The van der Waals surface area contributed by atoms with Gasteiger partial charge in [0.25, 0.3) is 5.91 Å². The second kappa shape index (κ2) is 8.67. The van der Waals surface area contributed by atoms with Gasteiger partial charge in [-0.15, -0.1) is 0 Å². The quantitative estimate of drug-likeness (QED) is 0.537. The lowest BCUT2D eigenvalue weighted by Gasteiger charge is -2.07. The van der Waals surface area contributed by atoms with E-state index in [1.54, 1.807) is 13.8 Å². The van der Waals surface area contributed by atoms with Crippen molar-refractivity contribution in [3.8, 4) is 0 Å². The van der Waals surface area contributed by atoms with Gasteiger partial charge in [-0.1, -0.05) is 11.3 Å². The zero-order valence-corrected chi connectivity index (χ0v) is 18.4. The summed E-state index contributed by atoms with van der Waals surface area (Å²) >= 11 is 0.831. The van der Waals surface area contributed by atoms with Crippen LogP contribution in [0, 0.1) is 11.6 Å². The first-order valence-electron chi connectivity index (χ1n) is 9.02. The maximum Gasteiger partial charge on any atom is 0.325 e. The Bertz CT molecular complexity index is 1340. The summed E-state index contributed by atoms with van der Waals surface area (Å²) in [6.45, 7) is 2.66. The third-order valence-corrected chi connectivity index (χ3v) is 7.65. The second-order valence-electron chi connectivity index (χ2n) is 6.82. The number of benzene rings is 2. The van der Waals surface area contributed by atoms with Crippen molar-refractivity contribution in [1.29, 1.82) is 0 Å². The SMILES string of the molecule is COC(=O)Cn1c(=NC(=O)c2ccc(S(=O)(=O)C(C)C)cc2)sc2cc(F)cc(F)c21. The molecule has 0 spiro atoms. The van der Waals surface area contributed by atoms with Crippen molar-refractivity contribution >= 4 is 43.3 Å². The van der Waals surface area contributed by atoms with E-state index >= 15 is 0 Å². The molecule has 0 N–H and O–H groups in total. The van der Waals surface area contributed by atoms with Crippen LogP contribution in [-0.2, 0) is 25.9 Å². The van der Waals surface area contributed by atoms with Crippen LogP contribution < -0.4 is 4.80 Å². The van der Waals surface area contributed by atoms with E-state index in [0.29, 0.717) is 6.07 Å². The molecule has 0 aliphatic rings. The summed E-state index contributed by atoms with van der Waals surface area (Å²) in [6.07, 6.45) is 0. The van der Waals surface area contributed by atoms with E-state index in [9.17, 15) is 26.8 Å². The first-order chi connectivity index (χ1) is 14.5. The molecule has 2 aromatic carbocycles. The molecule has 3 rings (SSSR count). The monoisotopic (exact) mass is 468 g/mol. The Labute approximate surface area is 180 Å². The highest BCUT2D eigenvalue weighted by molar-refractivity contribution is 7.92. The Morgan fingerprint density at radius 3 is 2.39 bits per heavy atom. The molecule has 3 aromatic rings. The highest BCUT2D eigenvalue weighted by Crippen LogP contribution is 2.23. The lowest BCUT2D eigenvalue weighted by atomic mass is 10.2. The summed E-state index contributed by atoms with van der Waals surface area (Å²) < 4.78 is 58.3. The first-order valence-corrected chi connectivity index (χ1v) is 11.4. The van der Waals surface area contributed by atoms with E-state index in [-0.39, 0.29) is 25.5 Å². The van der Waals surface area contributed by atoms with Crippen molar-refractivity contribution in [3.63, 3.8) is 0 Å². The zero-order chi connectivity index (χ0) is 22.9. The molecule has 1 heterocycles. The van der Waals surface area contributed by atoms with Gasteiger partial charge in [0.05, 0.1) is 27.5 Å². The molecule has 0 bridgehead atoms. The number of hydrogen-bond donors (Lipinski definition) is 0. The lowest BCUT2D eigenvalue weighted by molar-refractivity contribution is -0.141. The van der Waals surface area contributed by atoms with Crippen LogP contribution in [0.4, 0.5) is 8.78 Å². The zero-order valence-electron chi connectivity index (χ0n) is 16.8. The largest absolute Gasteiger partial charge is 0.468 e. The predicted molar refractivity (Wildman–Crippen MR) is 110 cm³/mol. The van der Waals surface area contributed by atoms with Crippen molar-refractivity contribution in [2.75, 3.05) is 7.11 Å².